The van der Waals surface area contributed by atoms with Gasteiger partial charge in [-0.1, -0.05) is 6.92 Å². The maximum atomic E-state index is 12.3. The monoisotopic (exact) mass is 266 g/mol. The average molecular weight is 266 g/mol. The molecule has 0 radical (unpaired) electrons. The Morgan fingerprint density at radius 3 is 2.58 bits per heavy atom. The van der Waals surface area contributed by atoms with Crippen LogP contribution in [0.1, 0.15) is 42.0 Å². The molecule has 1 heterocycles. The molecule has 0 bridgehead atoms. The van der Waals surface area contributed by atoms with Crippen LogP contribution in [-0.4, -0.2) is 47.0 Å². The van der Waals surface area contributed by atoms with Crippen LogP contribution in [0.25, 0.3) is 0 Å². The molecule has 0 aliphatic heterocycles. The zero-order valence-electron chi connectivity index (χ0n) is 12.2. The standard InChI is InChI=1S/C13H22N4O2/c1-6-10-9(3)12(16-15-10)13(19)17(5)8(2)7-11(18)14-4/h8H,6-7H2,1-5H3,(H,14,18)(H,15,16)/t8-/m1/s1. The Morgan fingerprint density at radius 2 is 2.11 bits per heavy atom. The fourth-order valence-electron chi connectivity index (χ4n) is 1.86. The van der Waals surface area contributed by atoms with Crippen LogP contribution in [0.5, 0.6) is 0 Å². The van der Waals surface area contributed by atoms with Crippen molar-refractivity contribution in [1.29, 1.82) is 0 Å². The fourth-order valence-corrected chi connectivity index (χ4v) is 1.86. The van der Waals surface area contributed by atoms with Crippen LogP contribution < -0.4 is 5.32 Å². The Hall–Kier alpha value is -1.85. The molecule has 1 atom stereocenters. The number of carbonyl (C=O) groups excluding carboxylic acids is 2. The first-order chi connectivity index (χ1) is 8.92. The molecule has 0 fully saturated rings. The van der Waals surface area contributed by atoms with Gasteiger partial charge in [0.05, 0.1) is 0 Å². The number of nitrogens with one attached hydrogen (secondary N) is 2. The third-order valence-corrected chi connectivity index (χ3v) is 3.41. The summed E-state index contributed by atoms with van der Waals surface area (Å²) in [5.74, 6) is -0.245. The van der Waals surface area contributed by atoms with E-state index >= 15 is 0 Å². The highest BCUT2D eigenvalue weighted by molar-refractivity contribution is 5.94. The number of nitrogens with zero attached hydrogens (tertiary/aromatic N) is 2. The first kappa shape index (κ1) is 15.2. The Balaban J connectivity index is 2.81. The summed E-state index contributed by atoms with van der Waals surface area (Å²) in [4.78, 5) is 25.2. The number of aromatic amines is 1. The third kappa shape index (κ3) is 3.33. The summed E-state index contributed by atoms with van der Waals surface area (Å²) in [6, 6.07) is -0.173. The lowest BCUT2D eigenvalue weighted by Crippen LogP contribution is -2.38. The van der Waals surface area contributed by atoms with Crippen LogP contribution in [0.15, 0.2) is 0 Å². The Labute approximate surface area is 113 Å². The van der Waals surface area contributed by atoms with Gasteiger partial charge < -0.3 is 10.2 Å². The summed E-state index contributed by atoms with van der Waals surface area (Å²) in [6.07, 6.45) is 1.09. The molecular formula is C13H22N4O2. The van der Waals surface area contributed by atoms with E-state index in [0.29, 0.717) is 5.69 Å². The minimum atomic E-state index is -0.173. The molecule has 2 amide bonds. The van der Waals surface area contributed by atoms with Crippen molar-refractivity contribution in [3.8, 4) is 0 Å². The van der Waals surface area contributed by atoms with E-state index in [0.717, 1.165) is 17.7 Å². The molecule has 0 aromatic carbocycles. The molecular weight excluding hydrogens is 244 g/mol. The van der Waals surface area contributed by atoms with Gasteiger partial charge in [-0.05, 0) is 20.3 Å². The minimum Gasteiger partial charge on any atom is -0.359 e. The van der Waals surface area contributed by atoms with Gasteiger partial charge in [0, 0.05) is 37.8 Å². The highest BCUT2D eigenvalue weighted by Gasteiger charge is 2.23. The molecule has 19 heavy (non-hydrogen) atoms. The molecule has 0 saturated heterocycles. The van der Waals surface area contributed by atoms with Gasteiger partial charge in [0.25, 0.3) is 5.91 Å². The van der Waals surface area contributed by atoms with Gasteiger partial charge in [-0.3, -0.25) is 14.7 Å². The van der Waals surface area contributed by atoms with Crippen molar-refractivity contribution < 1.29 is 9.59 Å². The number of aryl methyl sites for hydroxylation is 1. The van der Waals surface area contributed by atoms with Gasteiger partial charge in [-0.2, -0.15) is 5.10 Å². The lowest BCUT2D eigenvalue weighted by Gasteiger charge is -2.23. The van der Waals surface area contributed by atoms with Crippen LogP contribution in [0.2, 0.25) is 0 Å². The van der Waals surface area contributed by atoms with E-state index in [1.165, 1.54) is 0 Å². The van der Waals surface area contributed by atoms with E-state index < -0.39 is 0 Å². The molecule has 6 nitrogen and oxygen atoms in total. The molecule has 0 aliphatic rings. The molecule has 0 saturated carbocycles. The number of hydrogen-bond donors (Lipinski definition) is 2. The second-order valence-corrected chi connectivity index (χ2v) is 4.67. The van der Waals surface area contributed by atoms with Gasteiger partial charge in [-0.15, -0.1) is 0 Å². The molecule has 106 valence electrons. The van der Waals surface area contributed by atoms with Crippen LogP contribution in [0, 0.1) is 6.92 Å². The van der Waals surface area contributed by atoms with Crippen molar-refractivity contribution >= 4 is 11.8 Å². The second kappa shape index (κ2) is 6.36. The summed E-state index contributed by atoms with van der Waals surface area (Å²) >= 11 is 0. The first-order valence-electron chi connectivity index (χ1n) is 6.43. The van der Waals surface area contributed by atoms with Crippen molar-refractivity contribution in [2.75, 3.05) is 14.1 Å². The van der Waals surface area contributed by atoms with Crippen LogP contribution in [0.3, 0.4) is 0 Å². The highest BCUT2D eigenvalue weighted by Crippen LogP contribution is 2.14. The topological polar surface area (TPSA) is 78.1 Å². The summed E-state index contributed by atoms with van der Waals surface area (Å²) in [5, 5.41) is 9.50. The van der Waals surface area contributed by atoms with Gasteiger partial charge in [0.1, 0.15) is 0 Å². The number of hydrogen-bond acceptors (Lipinski definition) is 3. The lowest BCUT2D eigenvalue weighted by molar-refractivity contribution is -0.121. The Bertz CT molecular complexity index is 467. The number of aromatic nitrogens is 2. The summed E-state index contributed by atoms with van der Waals surface area (Å²) < 4.78 is 0. The van der Waals surface area contributed by atoms with E-state index in [-0.39, 0.29) is 24.3 Å². The zero-order valence-corrected chi connectivity index (χ0v) is 12.2. The van der Waals surface area contributed by atoms with Crippen molar-refractivity contribution in [1.82, 2.24) is 20.4 Å². The quantitative estimate of drug-likeness (QED) is 0.830. The van der Waals surface area contributed by atoms with Crippen molar-refractivity contribution in [3.63, 3.8) is 0 Å². The van der Waals surface area contributed by atoms with Gasteiger partial charge in [0.15, 0.2) is 5.69 Å². The van der Waals surface area contributed by atoms with Crippen LogP contribution in [-0.2, 0) is 11.2 Å². The van der Waals surface area contributed by atoms with Crippen LogP contribution >= 0.6 is 0 Å². The summed E-state index contributed by atoms with van der Waals surface area (Å²) in [5.41, 5.74) is 2.28. The normalized spacial score (nSPS) is 12.1. The van der Waals surface area contributed by atoms with E-state index in [1.54, 1.807) is 19.0 Å². The molecule has 1 rings (SSSR count). The van der Waals surface area contributed by atoms with Crippen molar-refractivity contribution in [2.45, 2.75) is 39.7 Å². The molecule has 1 aromatic rings. The largest absolute Gasteiger partial charge is 0.359 e. The lowest BCUT2D eigenvalue weighted by atomic mass is 10.1. The Morgan fingerprint density at radius 1 is 1.47 bits per heavy atom. The van der Waals surface area contributed by atoms with E-state index in [1.807, 2.05) is 20.8 Å². The average Bonchev–Trinajstić information content (AvgIpc) is 2.77. The van der Waals surface area contributed by atoms with E-state index in [2.05, 4.69) is 15.5 Å². The maximum absolute atomic E-state index is 12.3. The zero-order chi connectivity index (χ0) is 14.6. The summed E-state index contributed by atoms with van der Waals surface area (Å²) in [7, 11) is 3.28. The molecule has 0 unspecified atom stereocenters. The van der Waals surface area contributed by atoms with Gasteiger partial charge in [-0.25, -0.2) is 0 Å². The summed E-state index contributed by atoms with van der Waals surface area (Å²) in [6.45, 7) is 5.73. The van der Waals surface area contributed by atoms with Crippen molar-refractivity contribution in [2.24, 2.45) is 0 Å². The molecule has 1 aromatic heterocycles. The SMILES string of the molecule is CCc1[nH]nc(C(=O)N(C)[C@H](C)CC(=O)NC)c1C. The second-order valence-electron chi connectivity index (χ2n) is 4.67. The minimum absolute atomic E-state index is 0.0832. The van der Waals surface area contributed by atoms with E-state index in [9.17, 15) is 9.59 Å². The number of amides is 2. The highest BCUT2D eigenvalue weighted by atomic mass is 16.2. The first-order valence-corrected chi connectivity index (χ1v) is 6.43. The number of rotatable bonds is 5. The fraction of sp³-hybridized carbons (Fsp3) is 0.615. The number of carbonyl (C=O) groups is 2. The Kier molecular flexibility index (Phi) is 5.09. The maximum Gasteiger partial charge on any atom is 0.274 e. The third-order valence-electron chi connectivity index (χ3n) is 3.41. The molecule has 2 N–H and O–H groups in total. The van der Waals surface area contributed by atoms with Gasteiger partial charge in [0.2, 0.25) is 5.91 Å². The predicted octanol–water partition coefficient (Wildman–Crippen LogP) is 0.877. The van der Waals surface area contributed by atoms with Crippen molar-refractivity contribution in [3.05, 3.63) is 17.0 Å². The molecule has 0 aliphatic carbocycles. The smallest absolute Gasteiger partial charge is 0.274 e. The number of H-pyrrole nitrogens is 1. The van der Waals surface area contributed by atoms with E-state index in [4.69, 9.17) is 0 Å². The molecule has 6 heteroatoms. The van der Waals surface area contributed by atoms with Crippen LogP contribution in [0.4, 0.5) is 0 Å². The van der Waals surface area contributed by atoms with Gasteiger partial charge >= 0.3 is 0 Å². The predicted molar refractivity (Wildman–Crippen MR) is 72.9 cm³/mol. The molecule has 0 spiro atoms.